The van der Waals surface area contributed by atoms with Crippen LogP contribution in [0.3, 0.4) is 0 Å². The molecule has 3 aromatic carbocycles. The number of halogens is 1. The number of carbonyl (C=O) groups excluding carboxylic acids is 3. The van der Waals surface area contributed by atoms with Gasteiger partial charge in [0.05, 0.1) is 12.0 Å². The zero-order valence-electron chi connectivity index (χ0n) is 20.6. The van der Waals surface area contributed by atoms with Gasteiger partial charge in [0.25, 0.3) is 0 Å². The Morgan fingerprint density at radius 2 is 1.62 bits per heavy atom. The van der Waals surface area contributed by atoms with Crippen molar-refractivity contribution in [2.45, 2.75) is 17.5 Å². The van der Waals surface area contributed by atoms with E-state index in [4.69, 9.17) is 11.6 Å². The molecule has 4 atom stereocenters. The predicted molar refractivity (Wildman–Crippen MR) is 150 cm³/mol. The number of nitrogens with one attached hydrogen (secondary N) is 1. The maximum Gasteiger partial charge on any atom is 0.238 e. The van der Waals surface area contributed by atoms with E-state index in [1.807, 2.05) is 65.6 Å². The number of fused-ring (bicyclic) bond motifs is 6. The van der Waals surface area contributed by atoms with Crippen LogP contribution in [0.4, 0.5) is 11.4 Å². The summed E-state index contributed by atoms with van der Waals surface area (Å²) in [6.07, 6.45) is 5.48. The number of Topliss-reactive ketones (excluding diaryl/α,β-unsaturated/α-hetero) is 2. The molecule has 3 aliphatic rings. The Bertz CT molecular complexity index is 1680. The van der Waals surface area contributed by atoms with E-state index in [1.165, 1.54) is 0 Å². The quantitative estimate of drug-likeness (QED) is 0.347. The second-order valence-corrected chi connectivity index (χ2v) is 10.4. The normalized spacial score (nSPS) is 24.2. The van der Waals surface area contributed by atoms with E-state index in [-0.39, 0.29) is 23.2 Å². The predicted octanol–water partition coefficient (Wildman–Crippen LogP) is 5.59. The lowest BCUT2D eigenvalue weighted by Crippen LogP contribution is -2.51. The van der Waals surface area contributed by atoms with Gasteiger partial charge in [-0.15, -0.1) is 0 Å². The molecule has 7 rings (SSSR count). The standard InChI is InChI=1S/C32H22ClN3O3/c33-21-15-12-20(13-16-21)29(37)28-27(30(38)24-10-5-6-18-34-24)32(22-8-2-3-9-23(22)35-31(32)39)26-17-14-19-7-1-4-11-25(19)36(26)28/h1-18,26-28H,(H,35,39). The summed E-state index contributed by atoms with van der Waals surface area (Å²) >= 11 is 6.14. The fourth-order valence-electron chi connectivity index (χ4n) is 6.57. The molecule has 0 bridgehead atoms. The number of hydrogen-bond donors (Lipinski definition) is 1. The van der Waals surface area contributed by atoms with Gasteiger partial charge in [-0.05, 0) is 59.7 Å². The van der Waals surface area contributed by atoms with Gasteiger partial charge in [-0.25, -0.2) is 0 Å². The van der Waals surface area contributed by atoms with Crippen LogP contribution in [-0.2, 0) is 10.2 Å². The Morgan fingerprint density at radius 1 is 0.872 bits per heavy atom. The number of para-hydroxylation sites is 2. The Labute approximate surface area is 229 Å². The van der Waals surface area contributed by atoms with Crippen molar-refractivity contribution in [2.75, 3.05) is 10.2 Å². The number of ketones is 2. The zero-order valence-corrected chi connectivity index (χ0v) is 21.4. The van der Waals surface area contributed by atoms with E-state index in [9.17, 15) is 14.4 Å². The fraction of sp³-hybridized carbons (Fsp3) is 0.125. The van der Waals surface area contributed by atoms with Crippen molar-refractivity contribution in [3.05, 3.63) is 131 Å². The number of pyridine rings is 1. The van der Waals surface area contributed by atoms with Crippen LogP contribution >= 0.6 is 11.6 Å². The average molecular weight is 532 g/mol. The molecule has 0 aliphatic carbocycles. The average Bonchev–Trinajstić information content (AvgIpc) is 3.45. The second kappa shape index (κ2) is 8.75. The molecule has 1 fully saturated rings. The highest BCUT2D eigenvalue weighted by Gasteiger charge is 2.70. The lowest BCUT2D eigenvalue weighted by molar-refractivity contribution is -0.121. The summed E-state index contributed by atoms with van der Waals surface area (Å²) in [5.41, 5.74) is 2.33. The first-order chi connectivity index (χ1) is 19.0. The first-order valence-corrected chi connectivity index (χ1v) is 13.1. The van der Waals surface area contributed by atoms with E-state index in [0.29, 0.717) is 21.8 Å². The number of amides is 1. The van der Waals surface area contributed by atoms with E-state index in [0.717, 1.165) is 11.3 Å². The summed E-state index contributed by atoms with van der Waals surface area (Å²) in [5, 5.41) is 3.53. The van der Waals surface area contributed by atoms with Crippen molar-refractivity contribution in [3.63, 3.8) is 0 Å². The van der Waals surface area contributed by atoms with Crippen LogP contribution in [0.25, 0.3) is 6.08 Å². The van der Waals surface area contributed by atoms with Crippen LogP contribution in [0.1, 0.15) is 32.0 Å². The van der Waals surface area contributed by atoms with Crippen molar-refractivity contribution < 1.29 is 14.4 Å². The van der Waals surface area contributed by atoms with Gasteiger partial charge in [-0.2, -0.15) is 0 Å². The Kier molecular flexibility index (Phi) is 5.28. The van der Waals surface area contributed by atoms with Crippen LogP contribution in [0.15, 0.2) is 103 Å². The van der Waals surface area contributed by atoms with Gasteiger partial charge in [0.1, 0.15) is 17.2 Å². The molecule has 4 heterocycles. The van der Waals surface area contributed by atoms with Gasteiger partial charge in [-0.3, -0.25) is 19.4 Å². The van der Waals surface area contributed by atoms with Gasteiger partial charge in [0.15, 0.2) is 11.6 Å². The molecule has 4 aromatic rings. The molecule has 6 nitrogen and oxygen atoms in total. The molecule has 4 unspecified atom stereocenters. The van der Waals surface area contributed by atoms with Gasteiger partial charge < -0.3 is 10.2 Å². The number of rotatable bonds is 4. The summed E-state index contributed by atoms with van der Waals surface area (Å²) in [5.74, 6) is -1.97. The highest BCUT2D eigenvalue weighted by Crippen LogP contribution is 2.58. The third-order valence-corrected chi connectivity index (χ3v) is 8.39. The van der Waals surface area contributed by atoms with Crippen LogP contribution in [0, 0.1) is 5.92 Å². The van der Waals surface area contributed by atoms with E-state index in [2.05, 4.69) is 10.3 Å². The summed E-state index contributed by atoms with van der Waals surface area (Å²) in [4.78, 5) is 49.6. The number of aromatic nitrogens is 1. The molecule has 190 valence electrons. The molecule has 39 heavy (non-hydrogen) atoms. The first kappa shape index (κ1) is 23.6. The maximum absolute atomic E-state index is 14.6. The van der Waals surface area contributed by atoms with Crippen LogP contribution in [0.2, 0.25) is 5.02 Å². The van der Waals surface area contributed by atoms with E-state index >= 15 is 0 Å². The Balaban J connectivity index is 1.54. The first-order valence-electron chi connectivity index (χ1n) is 12.7. The topological polar surface area (TPSA) is 79.4 Å². The van der Waals surface area contributed by atoms with Crippen LogP contribution < -0.4 is 10.2 Å². The molecular weight excluding hydrogens is 510 g/mol. The van der Waals surface area contributed by atoms with Gasteiger partial charge >= 0.3 is 0 Å². The lowest BCUT2D eigenvalue weighted by Gasteiger charge is -2.37. The summed E-state index contributed by atoms with van der Waals surface area (Å²) < 4.78 is 0. The molecule has 1 amide bonds. The molecule has 3 aliphatic heterocycles. The number of benzene rings is 3. The lowest BCUT2D eigenvalue weighted by atomic mass is 9.64. The summed E-state index contributed by atoms with van der Waals surface area (Å²) in [6, 6.07) is 25.4. The second-order valence-electron chi connectivity index (χ2n) is 10.0. The van der Waals surface area contributed by atoms with Crippen LogP contribution in [0.5, 0.6) is 0 Å². The molecular formula is C32H22ClN3O3. The molecule has 1 saturated heterocycles. The van der Waals surface area contributed by atoms with Crippen molar-refractivity contribution in [1.82, 2.24) is 4.98 Å². The number of anilines is 2. The SMILES string of the molecule is O=C(c1ccc(Cl)cc1)C1C(C(=O)c2ccccn2)C2(C(=O)Nc3ccccc32)C2C=Cc3ccccc3N12. The number of nitrogens with zero attached hydrogens (tertiary/aromatic N) is 2. The largest absolute Gasteiger partial charge is 0.352 e. The van der Waals surface area contributed by atoms with Gasteiger partial charge in [0, 0.05) is 28.2 Å². The molecule has 0 saturated carbocycles. The highest BCUT2D eigenvalue weighted by atomic mass is 35.5. The van der Waals surface area contributed by atoms with Gasteiger partial charge in [-0.1, -0.05) is 66.2 Å². The Hall–Kier alpha value is -4.55. The molecule has 0 radical (unpaired) electrons. The zero-order chi connectivity index (χ0) is 26.7. The minimum absolute atomic E-state index is 0.213. The Morgan fingerprint density at radius 3 is 2.41 bits per heavy atom. The number of hydrogen-bond acceptors (Lipinski definition) is 5. The third-order valence-electron chi connectivity index (χ3n) is 8.14. The maximum atomic E-state index is 14.6. The molecule has 1 aromatic heterocycles. The smallest absolute Gasteiger partial charge is 0.238 e. The summed E-state index contributed by atoms with van der Waals surface area (Å²) in [7, 11) is 0. The molecule has 7 heteroatoms. The van der Waals surface area contributed by atoms with Gasteiger partial charge in [0.2, 0.25) is 5.91 Å². The highest BCUT2D eigenvalue weighted by molar-refractivity contribution is 6.30. The number of carbonyl (C=O) groups is 3. The minimum Gasteiger partial charge on any atom is -0.352 e. The van der Waals surface area contributed by atoms with Crippen molar-refractivity contribution >= 4 is 46.5 Å². The molecule has 1 N–H and O–H groups in total. The monoisotopic (exact) mass is 531 g/mol. The molecule has 1 spiro atoms. The van der Waals surface area contributed by atoms with Crippen LogP contribution in [-0.4, -0.2) is 34.5 Å². The van der Waals surface area contributed by atoms with Crippen molar-refractivity contribution in [1.29, 1.82) is 0 Å². The van der Waals surface area contributed by atoms with Crippen molar-refractivity contribution in [3.8, 4) is 0 Å². The fourth-order valence-corrected chi connectivity index (χ4v) is 6.70. The third kappa shape index (κ3) is 3.28. The van der Waals surface area contributed by atoms with E-state index in [1.54, 1.807) is 48.7 Å². The van der Waals surface area contributed by atoms with Crippen molar-refractivity contribution in [2.24, 2.45) is 5.92 Å². The summed E-state index contributed by atoms with van der Waals surface area (Å²) in [6.45, 7) is 0. The minimum atomic E-state index is -1.36. The van der Waals surface area contributed by atoms with E-state index < -0.39 is 23.4 Å².